The zero-order chi connectivity index (χ0) is 26.3. The van der Waals surface area contributed by atoms with E-state index < -0.39 is 16.8 Å². The minimum atomic E-state index is -4.61. The Morgan fingerprint density at radius 2 is 1.86 bits per heavy atom. The van der Waals surface area contributed by atoms with Crippen LogP contribution >= 0.6 is 11.6 Å². The van der Waals surface area contributed by atoms with Gasteiger partial charge >= 0.3 is 6.18 Å². The van der Waals surface area contributed by atoms with Gasteiger partial charge in [-0.1, -0.05) is 23.7 Å². The van der Waals surface area contributed by atoms with Gasteiger partial charge in [0.2, 0.25) is 5.91 Å². The molecule has 0 saturated carbocycles. The standard InChI is InChI=1S/C27H19ClF3N3O3/c1-34-24(36)14-19-23(8-10-33-26(19)34)37-22-7-5-16(25-18(22)3-2-9-32-25)13-17(35)11-15-4-6-21(28)20(12-15)27(29,30)31/h2-10,12H,11,13-14H2,1H3. The summed E-state index contributed by atoms with van der Waals surface area (Å²) in [6.45, 7) is 0. The van der Waals surface area contributed by atoms with Crippen LogP contribution < -0.4 is 9.64 Å². The van der Waals surface area contributed by atoms with Crippen molar-refractivity contribution in [1.29, 1.82) is 0 Å². The summed E-state index contributed by atoms with van der Waals surface area (Å²) in [6.07, 6.45) is -1.48. The second-order valence-electron chi connectivity index (χ2n) is 8.67. The van der Waals surface area contributed by atoms with Gasteiger partial charge in [-0.3, -0.25) is 19.5 Å². The van der Waals surface area contributed by atoms with E-state index in [1.807, 2.05) is 0 Å². The summed E-state index contributed by atoms with van der Waals surface area (Å²) in [7, 11) is 1.66. The van der Waals surface area contributed by atoms with Crippen molar-refractivity contribution in [3.63, 3.8) is 0 Å². The summed E-state index contributed by atoms with van der Waals surface area (Å²) in [5.41, 5.74) is 1.10. The van der Waals surface area contributed by atoms with Crippen LogP contribution in [-0.4, -0.2) is 28.7 Å². The highest BCUT2D eigenvalue weighted by atomic mass is 35.5. The number of fused-ring (bicyclic) bond motifs is 2. The Morgan fingerprint density at radius 1 is 1.05 bits per heavy atom. The molecule has 0 bridgehead atoms. The molecule has 0 radical (unpaired) electrons. The van der Waals surface area contributed by atoms with Gasteiger partial charge in [-0.05, 0) is 47.5 Å². The van der Waals surface area contributed by atoms with Gasteiger partial charge < -0.3 is 4.74 Å². The summed E-state index contributed by atoms with van der Waals surface area (Å²) < 4.78 is 45.7. The Balaban J connectivity index is 1.41. The molecule has 4 aromatic rings. The van der Waals surface area contributed by atoms with Gasteiger partial charge in [-0.25, -0.2) is 4.98 Å². The third kappa shape index (κ3) is 4.86. The van der Waals surface area contributed by atoms with E-state index in [1.54, 1.807) is 49.8 Å². The molecule has 0 aliphatic carbocycles. The van der Waals surface area contributed by atoms with Crippen LogP contribution in [0, 0.1) is 0 Å². The molecule has 1 amide bonds. The Hall–Kier alpha value is -3.98. The number of aromatic nitrogens is 2. The van der Waals surface area contributed by atoms with Crippen LogP contribution in [0.2, 0.25) is 5.02 Å². The summed E-state index contributed by atoms with van der Waals surface area (Å²) in [5, 5.41) is 0.243. The number of rotatable bonds is 6. The number of pyridine rings is 2. The highest BCUT2D eigenvalue weighted by Gasteiger charge is 2.33. The fraction of sp³-hybridized carbons (Fsp3) is 0.185. The summed E-state index contributed by atoms with van der Waals surface area (Å²) in [5.74, 6) is 1.18. The van der Waals surface area contributed by atoms with E-state index in [2.05, 4.69) is 9.97 Å². The highest BCUT2D eigenvalue weighted by molar-refractivity contribution is 6.31. The van der Waals surface area contributed by atoms with Gasteiger partial charge in [0.15, 0.2) is 0 Å². The first-order chi connectivity index (χ1) is 17.6. The minimum absolute atomic E-state index is 0.0261. The maximum atomic E-state index is 13.2. The van der Waals surface area contributed by atoms with Crippen molar-refractivity contribution in [3.05, 3.63) is 88.2 Å². The topological polar surface area (TPSA) is 72.4 Å². The molecule has 1 aliphatic heterocycles. The Morgan fingerprint density at radius 3 is 2.65 bits per heavy atom. The average molecular weight is 526 g/mol. The molecule has 5 rings (SSSR count). The quantitative estimate of drug-likeness (QED) is 0.310. The first-order valence-corrected chi connectivity index (χ1v) is 11.7. The number of hydrogen-bond acceptors (Lipinski definition) is 5. The number of ketones is 1. The van der Waals surface area contributed by atoms with Crippen LogP contribution in [0.3, 0.4) is 0 Å². The van der Waals surface area contributed by atoms with Gasteiger partial charge in [0.1, 0.15) is 23.1 Å². The largest absolute Gasteiger partial charge is 0.456 e. The number of carbonyl (C=O) groups is 2. The SMILES string of the molecule is CN1C(=O)Cc2c(Oc3ccc(CC(=O)Cc4ccc(Cl)c(C(F)(F)F)c4)c4ncccc34)ccnc21. The number of likely N-dealkylation sites (N-methyl/N-ethyl adjacent to an activating group) is 1. The minimum Gasteiger partial charge on any atom is -0.456 e. The number of halogens is 4. The summed E-state index contributed by atoms with van der Waals surface area (Å²) >= 11 is 5.68. The van der Waals surface area contributed by atoms with E-state index in [9.17, 15) is 22.8 Å². The van der Waals surface area contributed by atoms with Crippen molar-refractivity contribution in [2.75, 3.05) is 11.9 Å². The number of hydrogen-bond donors (Lipinski definition) is 0. The maximum absolute atomic E-state index is 13.2. The van der Waals surface area contributed by atoms with Crippen molar-refractivity contribution in [2.45, 2.75) is 25.4 Å². The van der Waals surface area contributed by atoms with Crippen molar-refractivity contribution in [1.82, 2.24) is 9.97 Å². The first kappa shape index (κ1) is 24.7. The van der Waals surface area contributed by atoms with Gasteiger partial charge in [0.25, 0.3) is 0 Å². The molecule has 0 unspecified atom stereocenters. The van der Waals surface area contributed by atoms with E-state index in [1.165, 1.54) is 11.0 Å². The molecular formula is C27H19ClF3N3O3. The van der Waals surface area contributed by atoms with E-state index in [4.69, 9.17) is 16.3 Å². The van der Waals surface area contributed by atoms with Crippen LogP contribution in [0.25, 0.3) is 10.9 Å². The number of Topliss-reactive ketones (excluding diaryl/α,β-unsaturated/α-hetero) is 1. The van der Waals surface area contributed by atoms with Crippen LogP contribution in [0.1, 0.15) is 22.3 Å². The highest BCUT2D eigenvalue weighted by Crippen LogP contribution is 2.38. The molecule has 0 fully saturated rings. The third-order valence-corrected chi connectivity index (χ3v) is 6.50. The molecule has 2 aromatic heterocycles. The molecule has 0 N–H and O–H groups in total. The molecule has 0 atom stereocenters. The lowest BCUT2D eigenvalue weighted by molar-refractivity contribution is -0.137. The average Bonchev–Trinajstić information content (AvgIpc) is 3.15. The monoisotopic (exact) mass is 525 g/mol. The number of benzene rings is 2. The van der Waals surface area contributed by atoms with Crippen molar-refractivity contribution in [3.8, 4) is 11.5 Å². The molecular weight excluding hydrogens is 507 g/mol. The van der Waals surface area contributed by atoms with Crippen molar-refractivity contribution in [2.24, 2.45) is 0 Å². The lowest BCUT2D eigenvalue weighted by Gasteiger charge is -2.14. The lowest BCUT2D eigenvalue weighted by Crippen LogP contribution is -2.21. The second-order valence-corrected chi connectivity index (χ2v) is 9.08. The molecule has 0 saturated heterocycles. The number of ether oxygens (including phenoxy) is 1. The zero-order valence-corrected chi connectivity index (χ0v) is 20.2. The fourth-order valence-corrected chi connectivity index (χ4v) is 4.59. The third-order valence-electron chi connectivity index (χ3n) is 6.17. The Kier molecular flexibility index (Phi) is 6.33. The number of carbonyl (C=O) groups excluding carboxylic acids is 2. The van der Waals surface area contributed by atoms with Gasteiger partial charge in [-0.2, -0.15) is 13.2 Å². The first-order valence-electron chi connectivity index (χ1n) is 11.3. The predicted octanol–water partition coefficient (Wildman–Crippen LogP) is 5.97. The van der Waals surface area contributed by atoms with Crippen molar-refractivity contribution >= 4 is 40.0 Å². The normalized spacial score (nSPS) is 13.2. The van der Waals surface area contributed by atoms with Crippen LogP contribution in [0.5, 0.6) is 11.5 Å². The fourth-order valence-electron chi connectivity index (χ4n) is 4.36. The number of nitrogens with zero attached hydrogens (tertiary/aromatic N) is 3. The maximum Gasteiger partial charge on any atom is 0.417 e. The molecule has 188 valence electrons. The molecule has 10 heteroatoms. The van der Waals surface area contributed by atoms with Gasteiger partial charge in [0, 0.05) is 43.2 Å². The molecule has 1 aliphatic rings. The molecule has 37 heavy (non-hydrogen) atoms. The number of amides is 1. The molecule has 0 spiro atoms. The van der Waals surface area contributed by atoms with E-state index in [0.717, 1.165) is 12.1 Å². The number of alkyl halides is 3. The Bertz CT molecular complexity index is 1560. The van der Waals surface area contributed by atoms with Crippen LogP contribution in [0.4, 0.5) is 19.0 Å². The van der Waals surface area contributed by atoms with Crippen LogP contribution in [0.15, 0.2) is 60.9 Å². The van der Waals surface area contributed by atoms with E-state index in [-0.39, 0.29) is 36.5 Å². The number of anilines is 1. The Labute approximate surface area is 214 Å². The summed E-state index contributed by atoms with van der Waals surface area (Å²) in [6, 6.07) is 12.1. The molecule has 2 aromatic carbocycles. The predicted molar refractivity (Wildman–Crippen MR) is 132 cm³/mol. The van der Waals surface area contributed by atoms with E-state index >= 15 is 0 Å². The van der Waals surface area contributed by atoms with E-state index in [0.29, 0.717) is 39.3 Å². The van der Waals surface area contributed by atoms with Gasteiger partial charge in [0.05, 0.1) is 22.5 Å². The van der Waals surface area contributed by atoms with Crippen LogP contribution in [-0.2, 0) is 35.0 Å². The second kappa shape index (κ2) is 9.48. The molecule has 3 heterocycles. The van der Waals surface area contributed by atoms with Crippen molar-refractivity contribution < 1.29 is 27.5 Å². The van der Waals surface area contributed by atoms with Gasteiger partial charge in [-0.15, -0.1) is 0 Å². The lowest BCUT2D eigenvalue weighted by atomic mass is 9.99. The zero-order valence-electron chi connectivity index (χ0n) is 19.5. The smallest absolute Gasteiger partial charge is 0.417 e. The molecule has 6 nitrogen and oxygen atoms in total. The summed E-state index contributed by atoms with van der Waals surface area (Å²) in [4.78, 5) is 35.1.